The summed E-state index contributed by atoms with van der Waals surface area (Å²) in [4.78, 5) is 38.9. The summed E-state index contributed by atoms with van der Waals surface area (Å²) in [5.74, 6) is -1.27. The number of carbonyl (C=O) groups is 3. The van der Waals surface area contributed by atoms with Crippen LogP contribution in [0.2, 0.25) is 0 Å². The van der Waals surface area contributed by atoms with E-state index in [0.717, 1.165) is 22.0 Å². The summed E-state index contributed by atoms with van der Waals surface area (Å²) in [6.45, 7) is 3.77. The topological polar surface area (TPSA) is 91.6 Å². The van der Waals surface area contributed by atoms with Crippen molar-refractivity contribution >= 4 is 45.5 Å². The Kier molecular flexibility index (Phi) is 5.24. The van der Waals surface area contributed by atoms with Crippen LogP contribution in [0.5, 0.6) is 5.75 Å². The Bertz CT molecular complexity index is 1260. The molecule has 0 bridgehead atoms. The lowest BCUT2D eigenvalue weighted by Crippen LogP contribution is -2.54. The van der Waals surface area contributed by atoms with Crippen LogP contribution in [0.3, 0.4) is 0 Å². The molecule has 3 aromatic rings. The number of barbiturate groups is 1. The van der Waals surface area contributed by atoms with Gasteiger partial charge in [-0.3, -0.25) is 14.9 Å². The third-order valence-electron chi connectivity index (χ3n) is 5.05. The molecule has 156 valence electrons. The molecule has 1 saturated heterocycles. The van der Waals surface area contributed by atoms with Crippen LogP contribution in [0, 0.1) is 13.8 Å². The van der Waals surface area contributed by atoms with Gasteiger partial charge in [0.2, 0.25) is 0 Å². The monoisotopic (exact) mass is 479 g/mol. The van der Waals surface area contributed by atoms with Crippen molar-refractivity contribution in [2.75, 3.05) is 4.90 Å². The lowest BCUT2D eigenvalue weighted by molar-refractivity contribution is -0.122. The van der Waals surface area contributed by atoms with Gasteiger partial charge in [-0.05, 0) is 74.0 Å². The Hall–Kier alpha value is -3.65. The van der Waals surface area contributed by atoms with Gasteiger partial charge in [-0.1, -0.05) is 22.0 Å². The molecule has 31 heavy (non-hydrogen) atoms. The first-order valence-corrected chi connectivity index (χ1v) is 10.2. The van der Waals surface area contributed by atoms with Crippen molar-refractivity contribution in [2.45, 2.75) is 13.8 Å². The van der Waals surface area contributed by atoms with Gasteiger partial charge in [0.15, 0.2) is 0 Å². The number of benzene rings is 2. The smallest absolute Gasteiger partial charge is 0.335 e. The highest BCUT2D eigenvalue weighted by molar-refractivity contribution is 9.10. The summed E-state index contributed by atoms with van der Waals surface area (Å²) in [6.07, 6.45) is 1.49. The van der Waals surface area contributed by atoms with Gasteiger partial charge in [0.05, 0.1) is 5.69 Å². The molecule has 4 amide bonds. The Labute approximate surface area is 186 Å². The number of aromatic nitrogens is 1. The molecule has 1 aliphatic heterocycles. The Balaban J connectivity index is 1.76. The number of rotatable bonds is 3. The van der Waals surface area contributed by atoms with E-state index < -0.39 is 17.8 Å². The average Bonchev–Trinajstić information content (AvgIpc) is 2.99. The second kappa shape index (κ2) is 7.88. The number of aromatic hydroxyl groups is 1. The highest BCUT2D eigenvalue weighted by atomic mass is 79.9. The number of nitrogens with one attached hydrogen (secondary N) is 1. The van der Waals surface area contributed by atoms with Crippen molar-refractivity contribution in [1.82, 2.24) is 9.88 Å². The van der Waals surface area contributed by atoms with E-state index in [0.29, 0.717) is 15.7 Å². The highest BCUT2D eigenvalue weighted by Crippen LogP contribution is 2.27. The quantitative estimate of drug-likeness (QED) is 0.434. The van der Waals surface area contributed by atoms with Gasteiger partial charge in [0.25, 0.3) is 11.8 Å². The van der Waals surface area contributed by atoms with Gasteiger partial charge in [-0.2, -0.15) is 0 Å². The minimum atomic E-state index is -0.792. The Morgan fingerprint density at radius 3 is 2.35 bits per heavy atom. The van der Waals surface area contributed by atoms with Crippen LogP contribution in [-0.4, -0.2) is 27.5 Å². The van der Waals surface area contributed by atoms with Crippen LogP contribution in [0.4, 0.5) is 10.5 Å². The number of phenolic OH excluding ortho intramolecular Hbond substituents is 1. The van der Waals surface area contributed by atoms with Crippen LogP contribution in [0.25, 0.3) is 11.8 Å². The molecule has 1 aromatic heterocycles. The van der Waals surface area contributed by atoms with E-state index in [-0.39, 0.29) is 11.3 Å². The maximum atomic E-state index is 13.1. The highest BCUT2D eigenvalue weighted by Gasteiger charge is 2.37. The van der Waals surface area contributed by atoms with E-state index in [1.54, 1.807) is 48.5 Å². The summed E-state index contributed by atoms with van der Waals surface area (Å²) >= 11 is 3.33. The molecule has 0 unspecified atom stereocenters. The Morgan fingerprint density at radius 2 is 1.68 bits per heavy atom. The molecule has 4 rings (SSSR count). The predicted octanol–water partition coefficient (Wildman–Crippen LogP) is 4.23. The molecule has 0 radical (unpaired) electrons. The number of anilines is 1. The lowest BCUT2D eigenvalue weighted by Gasteiger charge is -2.26. The van der Waals surface area contributed by atoms with Crippen LogP contribution < -0.4 is 10.2 Å². The number of amides is 4. The van der Waals surface area contributed by atoms with Crippen LogP contribution >= 0.6 is 15.9 Å². The first kappa shape index (κ1) is 20.6. The summed E-state index contributed by atoms with van der Waals surface area (Å²) < 4.78 is 2.65. The molecular weight excluding hydrogens is 462 g/mol. The van der Waals surface area contributed by atoms with Crippen molar-refractivity contribution < 1.29 is 19.5 Å². The van der Waals surface area contributed by atoms with Gasteiger partial charge in [0.1, 0.15) is 11.3 Å². The largest absolute Gasteiger partial charge is 0.508 e. The maximum Gasteiger partial charge on any atom is 0.335 e. The van der Waals surface area contributed by atoms with E-state index in [9.17, 15) is 19.5 Å². The third kappa shape index (κ3) is 3.77. The van der Waals surface area contributed by atoms with Gasteiger partial charge >= 0.3 is 6.03 Å². The molecule has 2 heterocycles. The van der Waals surface area contributed by atoms with Crippen molar-refractivity contribution in [2.24, 2.45) is 0 Å². The van der Waals surface area contributed by atoms with E-state index in [2.05, 4.69) is 21.2 Å². The van der Waals surface area contributed by atoms with Gasteiger partial charge < -0.3 is 9.67 Å². The molecule has 1 aliphatic rings. The fourth-order valence-corrected chi connectivity index (χ4v) is 3.98. The maximum absolute atomic E-state index is 13.1. The predicted molar refractivity (Wildman–Crippen MR) is 120 cm³/mol. The van der Waals surface area contributed by atoms with Crippen molar-refractivity contribution in [1.29, 1.82) is 0 Å². The molecule has 8 heteroatoms. The number of imide groups is 2. The molecule has 1 fully saturated rings. The first-order chi connectivity index (χ1) is 14.8. The first-order valence-electron chi connectivity index (χ1n) is 9.41. The van der Waals surface area contributed by atoms with Crippen LogP contribution in [0.1, 0.15) is 17.0 Å². The fraction of sp³-hybridized carbons (Fsp3) is 0.0870. The van der Waals surface area contributed by atoms with Gasteiger partial charge in [-0.25, -0.2) is 9.69 Å². The zero-order valence-corrected chi connectivity index (χ0v) is 18.3. The fourth-order valence-electron chi connectivity index (χ4n) is 3.60. The summed E-state index contributed by atoms with van der Waals surface area (Å²) in [5, 5.41) is 11.8. The average molecular weight is 480 g/mol. The molecule has 0 atom stereocenters. The number of hydrogen-bond acceptors (Lipinski definition) is 4. The molecular formula is C23H18BrN3O4. The van der Waals surface area contributed by atoms with E-state index in [4.69, 9.17) is 0 Å². The van der Waals surface area contributed by atoms with Gasteiger partial charge in [-0.15, -0.1) is 0 Å². The second-order valence-corrected chi connectivity index (χ2v) is 8.03. The number of aryl methyl sites for hydroxylation is 1. The second-order valence-electron chi connectivity index (χ2n) is 7.12. The number of urea groups is 1. The molecule has 2 aromatic carbocycles. The van der Waals surface area contributed by atoms with Crippen LogP contribution in [-0.2, 0) is 9.59 Å². The van der Waals surface area contributed by atoms with E-state index in [1.165, 1.54) is 6.08 Å². The number of carbonyl (C=O) groups excluding carboxylic acids is 3. The number of hydrogen-bond donors (Lipinski definition) is 2. The lowest BCUT2D eigenvalue weighted by atomic mass is 10.1. The minimum absolute atomic E-state index is 0.134. The van der Waals surface area contributed by atoms with Crippen molar-refractivity contribution in [3.8, 4) is 11.4 Å². The molecule has 0 aliphatic carbocycles. The SMILES string of the molecule is Cc1cc(C=C2C(=O)NC(=O)N(c3cccc(Br)c3)C2=O)c(C)n1-c1ccc(O)cc1. The zero-order chi connectivity index (χ0) is 22.3. The number of phenols is 1. The van der Waals surface area contributed by atoms with E-state index >= 15 is 0 Å². The molecule has 0 saturated carbocycles. The third-order valence-corrected chi connectivity index (χ3v) is 5.54. The zero-order valence-electron chi connectivity index (χ0n) is 16.7. The number of nitrogens with zero attached hydrogens (tertiary/aromatic N) is 2. The van der Waals surface area contributed by atoms with Crippen molar-refractivity contribution in [3.05, 3.63) is 81.6 Å². The van der Waals surface area contributed by atoms with Gasteiger partial charge in [0, 0.05) is 21.5 Å². The Morgan fingerprint density at radius 1 is 0.968 bits per heavy atom. The number of halogens is 1. The molecule has 7 nitrogen and oxygen atoms in total. The summed E-state index contributed by atoms with van der Waals surface area (Å²) in [7, 11) is 0. The summed E-state index contributed by atoms with van der Waals surface area (Å²) in [6, 6.07) is 14.5. The standard InChI is InChI=1S/C23H18BrN3O4/c1-13-10-15(14(2)26(13)17-6-8-19(28)9-7-17)11-20-21(29)25-23(31)27(22(20)30)18-5-3-4-16(24)12-18/h3-12,28H,1-2H3,(H,25,29,31). The molecule has 2 N–H and O–H groups in total. The summed E-state index contributed by atoms with van der Waals surface area (Å²) in [5.41, 5.74) is 3.42. The normalized spacial score (nSPS) is 15.5. The van der Waals surface area contributed by atoms with Crippen molar-refractivity contribution in [3.63, 3.8) is 0 Å². The molecule has 0 spiro atoms. The van der Waals surface area contributed by atoms with Crippen LogP contribution in [0.15, 0.2) is 64.6 Å². The minimum Gasteiger partial charge on any atom is -0.508 e. The van der Waals surface area contributed by atoms with E-state index in [1.807, 2.05) is 24.5 Å².